The van der Waals surface area contributed by atoms with Gasteiger partial charge in [-0.2, -0.15) is 0 Å². The Morgan fingerprint density at radius 3 is 2.85 bits per heavy atom. The van der Waals surface area contributed by atoms with E-state index in [4.69, 9.17) is 4.74 Å². The zero-order valence-electron chi connectivity index (χ0n) is 11.5. The number of hydrogen-bond acceptors (Lipinski definition) is 4. The molecule has 0 aromatic heterocycles. The van der Waals surface area contributed by atoms with Gasteiger partial charge in [0.25, 0.3) is 5.91 Å². The maximum Gasteiger partial charge on any atom is 0.255 e. The second-order valence-electron chi connectivity index (χ2n) is 4.87. The van der Waals surface area contributed by atoms with Gasteiger partial charge in [0.2, 0.25) is 5.91 Å². The van der Waals surface area contributed by atoms with Crippen molar-refractivity contribution in [1.82, 2.24) is 10.2 Å². The minimum absolute atomic E-state index is 0.0859. The van der Waals surface area contributed by atoms with Crippen molar-refractivity contribution < 1.29 is 19.4 Å². The minimum atomic E-state index is -0.349. The van der Waals surface area contributed by atoms with Gasteiger partial charge in [0.1, 0.15) is 11.5 Å². The summed E-state index contributed by atoms with van der Waals surface area (Å²) in [4.78, 5) is 25.1. The van der Waals surface area contributed by atoms with Gasteiger partial charge >= 0.3 is 0 Å². The topological polar surface area (TPSA) is 78.9 Å². The number of likely N-dealkylation sites (tertiary alicyclic amines) is 1. The molecule has 0 radical (unpaired) electrons. The van der Waals surface area contributed by atoms with Crippen LogP contribution in [0.3, 0.4) is 0 Å². The fourth-order valence-corrected chi connectivity index (χ4v) is 2.22. The van der Waals surface area contributed by atoms with E-state index in [1.807, 2.05) is 0 Å². The summed E-state index contributed by atoms with van der Waals surface area (Å²) in [6.07, 6.45) is 1.04. The van der Waals surface area contributed by atoms with Crippen molar-refractivity contribution in [3.8, 4) is 11.5 Å². The largest absolute Gasteiger partial charge is 0.507 e. The summed E-state index contributed by atoms with van der Waals surface area (Å²) in [7, 11) is 3.20. The van der Waals surface area contributed by atoms with Crippen LogP contribution in [0, 0.1) is 0 Å². The van der Waals surface area contributed by atoms with Crippen LogP contribution in [-0.4, -0.2) is 48.6 Å². The third-order valence-electron chi connectivity index (χ3n) is 3.41. The number of phenols is 1. The number of piperidine rings is 1. The molecule has 20 heavy (non-hydrogen) atoms. The van der Waals surface area contributed by atoms with Crippen LogP contribution in [0.1, 0.15) is 23.2 Å². The van der Waals surface area contributed by atoms with Crippen LogP contribution in [0.5, 0.6) is 11.5 Å². The lowest BCUT2D eigenvalue weighted by Crippen LogP contribution is -2.48. The van der Waals surface area contributed by atoms with Crippen LogP contribution in [-0.2, 0) is 4.79 Å². The molecule has 1 aromatic rings. The molecule has 1 atom stereocenters. The molecular formula is C14H18N2O4. The lowest BCUT2D eigenvalue weighted by atomic mass is 10.0. The number of amides is 2. The van der Waals surface area contributed by atoms with Crippen LogP contribution in [0.25, 0.3) is 0 Å². The van der Waals surface area contributed by atoms with Crippen LogP contribution in [0.2, 0.25) is 0 Å². The first-order valence-electron chi connectivity index (χ1n) is 6.43. The van der Waals surface area contributed by atoms with Crippen molar-refractivity contribution in [1.29, 1.82) is 0 Å². The van der Waals surface area contributed by atoms with E-state index in [2.05, 4.69) is 5.32 Å². The number of phenolic OH excluding ortho intramolecular Hbond substituents is 1. The Bertz CT molecular complexity index is 530. The molecule has 2 rings (SSSR count). The van der Waals surface area contributed by atoms with Gasteiger partial charge in [-0.15, -0.1) is 0 Å². The first-order chi connectivity index (χ1) is 9.51. The molecule has 1 fully saturated rings. The Balaban J connectivity index is 2.03. The predicted octanol–water partition coefficient (Wildman–Crippen LogP) is 0.751. The zero-order chi connectivity index (χ0) is 14.7. The lowest BCUT2D eigenvalue weighted by Gasteiger charge is -2.30. The Morgan fingerprint density at radius 1 is 1.50 bits per heavy atom. The summed E-state index contributed by atoms with van der Waals surface area (Å²) in [6.45, 7) is 0.488. The molecule has 1 saturated heterocycles. The molecule has 108 valence electrons. The third-order valence-corrected chi connectivity index (χ3v) is 3.41. The molecular weight excluding hydrogens is 260 g/mol. The number of carbonyl (C=O) groups is 2. The van der Waals surface area contributed by atoms with Gasteiger partial charge in [0.15, 0.2) is 0 Å². The van der Waals surface area contributed by atoms with E-state index < -0.39 is 0 Å². The van der Waals surface area contributed by atoms with E-state index in [-0.39, 0.29) is 29.2 Å². The molecule has 1 aromatic carbocycles. The molecule has 2 N–H and O–H groups in total. The standard InChI is InChI=1S/C14H18N2O4/c1-16-8-9(3-6-13(16)18)15-14(19)11-5-4-10(20-2)7-12(11)17/h4-5,7,9,17H,3,6,8H2,1-2H3,(H,15,19). The quantitative estimate of drug-likeness (QED) is 0.855. The van der Waals surface area contributed by atoms with Crippen LogP contribution >= 0.6 is 0 Å². The molecule has 0 saturated carbocycles. The molecule has 6 nitrogen and oxygen atoms in total. The van der Waals surface area contributed by atoms with Crippen molar-refractivity contribution in [2.45, 2.75) is 18.9 Å². The van der Waals surface area contributed by atoms with Gasteiger partial charge in [-0.05, 0) is 18.6 Å². The average Bonchev–Trinajstić information content (AvgIpc) is 2.42. The number of benzene rings is 1. The number of carbonyl (C=O) groups excluding carboxylic acids is 2. The fraction of sp³-hybridized carbons (Fsp3) is 0.429. The van der Waals surface area contributed by atoms with Gasteiger partial charge in [0, 0.05) is 32.1 Å². The Kier molecular flexibility index (Phi) is 4.12. The zero-order valence-corrected chi connectivity index (χ0v) is 11.5. The number of nitrogens with zero attached hydrogens (tertiary/aromatic N) is 1. The second-order valence-corrected chi connectivity index (χ2v) is 4.87. The Labute approximate surface area is 117 Å². The first kappa shape index (κ1) is 14.2. The summed E-state index contributed by atoms with van der Waals surface area (Å²) in [5.74, 6) is 0.102. The lowest BCUT2D eigenvalue weighted by molar-refractivity contribution is -0.132. The van der Waals surface area contributed by atoms with Crippen molar-refractivity contribution in [2.24, 2.45) is 0 Å². The van der Waals surface area contributed by atoms with Crippen LogP contribution < -0.4 is 10.1 Å². The van der Waals surface area contributed by atoms with E-state index in [9.17, 15) is 14.7 Å². The van der Waals surface area contributed by atoms with Crippen LogP contribution in [0.4, 0.5) is 0 Å². The highest BCUT2D eigenvalue weighted by molar-refractivity contribution is 5.97. The Hall–Kier alpha value is -2.24. The minimum Gasteiger partial charge on any atom is -0.507 e. The number of likely N-dealkylation sites (N-methyl/N-ethyl adjacent to an activating group) is 1. The first-order valence-corrected chi connectivity index (χ1v) is 6.43. The van der Waals surface area contributed by atoms with Crippen molar-refractivity contribution in [3.63, 3.8) is 0 Å². The highest BCUT2D eigenvalue weighted by Crippen LogP contribution is 2.23. The number of ether oxygens (including phenoxy) is 1. The predicted molar refractivity (Wildman–Crippen MR) is 72.8 cm³/mol. The summed E-state index contributed by atoms with van der Waals surface area (Å²) in [6, 6.07) is 4.43. The number of rotatable bonds is 3. The fourth-order valence-electron chi connectivity index (χ4n) is 2.22. The monoisotopic (exact) mass is 278 g/mol. The van der Waals surface area contributed by atoms with Gasteiger partial charge in [-0.1, -0.05) is 0 Å². The maximum atomic E-state index is 12.1. The molecule has 0 aliphatic carbocycles. The molecule has 1 aliphatic heterocycles. The summed E-state index contributed by atoms with van der Waals surface area (Å²) >= 11 is 0. The smallest absolute Gasteiger partial charge is 0.255 e. The van der Waals surface area contributed by atoms with Gasteiger partial charge in [-0.3, -0.25) is 9.59 Å². The molecule has 0 spiro atoms. The van der Waals surface area contributed by atoms with Gasteiger partial charge < -0.3 is 20.1 Å². The van der Waals surface area contributed by atoms with Crippen LogP contribution in [0.15, 0.2) is 18.2 Å². The molecule has 0 bridgehead atoms. The maximum absolute atomic E-state index is 12.1. The van der Waals surface area contributed by atoms with Crippen molar-refractivity contribution >= 4 is 11.8 Å². The number of aromatic hydroxyl groups is 1. The van der Waals surface area contributed by atoms with E-state index in [0.29, 0.717) is 25.1 Å². The summed E-state index contributed by atoms with van der Waals surface area (Å²) in [5, 5.41) is 12.6. The third kappa shape index (κ3) is 3.01. The molecule has 1 unspecified atom stereocenters. The Morgan fingerprint density at radius 2 is 2.25 bits per heavy atom. The number of hydrogen-bond donors (Lipinski definition) is 2. The number of nitrogens with one attached hydrogen (secondary N) is 1. The summed E-state index contributed by atoms with van der Waals surface area (Å²) < 4.78 is 4.97. The SMILES string of the molecule is COc1ccc(C(=O)NC2CCC(=O)N(C)C2)c(O)c1. The molecule has 6 heteroatoms. The van der Waals surface area contributed by atoms with E-state index >= 15 is 0 Å². The van der Waals surface area contributed by atoms with Gasteiger partial charge in [0.05, 0.1) is 12.7 Å². The van der Waals surface area contributed by atoms with Crippen molar-refractivity contribution in [2.75, 3.05) is 20.7 Å². The highest BCUT2D eigenvalue weighted by Gasteiger charge is 2.25. The average molecular weight is 278 g/mol. The van der Waals surface area contributed by atoms with E-state index in [1.165, 1.54) is 19.2 Å². The summed E-state index contributed by atoms with van der Waals surface area (Å²) in [5.41, 5.74) is 0.199. The molecule has 1 aliphatic rings. The van der Waals surface area contributed by atoms with Crippen molar-refractivity contribution in [3.05, 3.63) is 23.8 Å². The van der Waals surface area contributed by atoms with E-state index in [0.717, 1.165) is 0 Å². The number of methoxy groups -OCH3 is 1. The highest BCUT2D eigenvalue weighted by atomic mass is 16.5. The molecule has 2 amide bonds. The van der Waals surface area contributed by atoms with Gasteiger partial charge in [-0.25, -0.2) is 0 Å². The van der Waals surface area contributed by atoms with E-state index in [1.54, 1.807) is 18.0 Å². The normalized spacial score (nSPS) is 18.8. The second kappa shape index (κ2) is 5.81. The molecule has 1 heterocycles.